The standard InChI is InChI=1S/C39H77N2/c1-5-7-9-11-13-15-17-19-20-21-22-23-24-26-28-30-32-34-39-40(36-37-41(39)38(3)4)35-33-31-29-27-25-18-16-14-12-10-8-6-2/h36-38H,5-35H2,1-4H3/q+1. The molecule has 242 valence electrons. The number of hydrogen-bond acceptors (Lipinski definition) is 0. The molecule has 0 fully saturated rings. The van der Waals surface area contributed by atoms with Crippen LogP contribution in [0.5, 0.6) is 0 Å². The second-order valence-corrected chi connectivity index (χ2v) is 13.7. The summed E-state index contributed by atoms with van der Waals surface area (Å²) >= 11 is 0. The average Bonchev–Trinajstić information content (AvgIpc) is 3.38. The Labute approximate surface area is 259 Å². The van der Waals surface area contributed by atoms with Crippen molar-refractivity contribution < 1.29 is 4.57 Å². The highest BCUT2D eigenvalue weighted by Gasteiger charge is 2.18. The smallest absolute Gasteiger partial charge is 0.234 e. The molecule has 0 unspecified atom stereocenters. The molecule has 1 heterocycles. The van der Waals surface area contributed by atoms with E-state index in [2.05, 4.69) is 49.2 Å². The highest BCUT2D eigenvalue weighted by atomic mass is 15.2. The summed E-state index contributed by atoms with van der Waals surface area (Å²) in [5, 5.41) is 0. The van der Waals surface area contributed by atoms with Gasteiger partial charge < -0.3 is 0 Å². The lowest BCUT2D eigenvalue weighted by molar-refractivity contribution is -0.704. The summed E-state index contributed by atoms with van der Waals surface area (Å²) in [6, 6.07) is 0.569. The van der Waals surface area contributed by atoms with Crippen molar-refractivity contribution in [2.45, 2.75) is 233 Å². The summed E-state index contributed by atoms with van der Waals surface area (Å²) in [5.74, 6) is 1.57. The van der Waals surface area contributed by atoms with Gasteiger partial charge in [-0.2, -0.15) is 0 Å². The molecule has 0 saturated heterocycles. The van der Waals surface area contributed by atoms with Gasteiger partial charge >= 0.3 is 0 Å². The first-order chi connectivity index (χ1) is 20.2. The number of aryl methyl sites for hydroxylation is 1. The number of imidazole rings is 1. The number of hydrogen-bond donors (Lipinski definition) is 0. The van der Waals surface area contributed by atoms with Gasteiger partial charge in [0.15, 0.2) is 0 Å². The molecule has 0 aromatic carbocycles. The molecule has 1 aromatic heterocycles. The Morgan fingerprint density at radius 1 is 0.463 bits per heavy atom. The van der Waals surface area contributed by atoms with E-state index in [0.29, 0.717) is 6.04 Å². The van der Waals surface area contributed by atoms with Crippen molar-refractivity contribution in [3.05, 3.63) is 18.2 Å². The largest absolute Gasteiger partial charge is 0.256 e. The van der Waals surface area contributed by atoms with Gasteiger partial charge in [-0.1, -0.05) is 181 Å². The molecule has 0 aliphatic heterocycles. The highest BCUT2D eigenvalue weighted by Crippen LogP contribution is 2.16. The van der Waals surface area contributed by atoms with E-state index in [1.807, 2.05) is 0 Å². The summed E-state index contributed by atoms with van der Waals surface area (Å²) in [4.78, 5) is 0. The molecule has 0 amide bonds. The third-order valence-corrected chi connectivity index (χ3v) is 9.35. The van der Waals surface area contributed by atoms with Gasteiger partial charge in [0, 0.05) is 6.42 Å². The van der Waals surface area contributed by atoms with E-state index in [4.69, 9.17) is 0 Å². The molecule has 2 heteroatoms. The van der Waals surface area contributed by atoms with Crippen molar-refractivity contribution in [1.29, 1.82) is 0 Å². The van der Waals surface area contributed by atoms with Gasteiger partial charge in [0.1, 0.15) is 12.4 Å². The number of aromatic nitrogens is 2. The quantitative estimate of drug-likeness (QED) is 0.0598. The fraction of sp³-hybridized carbons (Fsp3) is 0.923. The van der Waals surface area contributed by atoms with Gasteiger partial charge in [0.05, 0.1) is 12.6 Å². The zero-order valence-electron chi connectivity index (χ0n) is 29.0. The van der Waals surface area contributed by atoms with Crippen molar-refractivity contribution in [2.24, 2.45) is 0 Å². The predicted octanol–water partition coefficient (Wildman–Crippen LogP) is 13.3. The van der Waals surface area contributed by atoms with E-state index < -0.39 is 0 Å². The molecular weight excluding hydrogens is 496 g/mol. The first-order valence-corrected chi connectivity index (χ1v) is 19.3. The maximum atomic E-state index is 2.59. The van der Waals surface area contributed by atoms with Crippen molar-refractivity contribution in [3.8, 4) is 0 Å². The van der Waals surface area contributed by atoms with Crippen LogP contribution in [-0.4, -0.2) is 4.57 Å². The summed E-state index contributed by atoms with van der Waals surface area (Å²) in [6.07, 6.45) is 47.7. The molecular formula is C39H77N2+. The molecule has 0 atom stereocenters. The van der Waals surface area contributed by atoms with Gasteiger partial charge in [0.2, 0.25) is 0 Å². The lowest BCUT2D eigenvalue weighted by Crippen LogP contribution is -2.37. The van der Waals surface area contributed by atoms with Crippen LogP contribution in [-0.2, 0) is 13.0 Å². The Hall–Kier alpha value is -0.790. The molecule has 41 heavy (non-hydrogen) atoms. The predicted molar refractivity (Wildman–Crippen MR) is 184 cm³/mol. The van der Waals surface area contributed by atoms with Crippen LogP contribution in [0.25, 0.3) is 0 Å². The minimum absolute atomic E-state index is 0.569. The van der Waals surface area contributed by atoms with E-state index in [1.54, 1.807) is 5.82 Å². The van der Waals surface area contributed by atoms with E-state index in [9.17, 15) is 0 Å². The first kappa shape index (κ1) is 38.2. The van der Waals surface area contributed by atoms with Crippen LogP contribution in [0.2, 0.25) is 0 Å². The summed E-state index contributed by atoms with van der Waals surface area (Å²) in [6.45, 7) is 10.5. The molecule has 0 bridgehead atoms. The van der Waals surface area contributed by atoms with Crippen LogP contribution in [0, 0.1) is 0 Å². The summed E-state index contributed by atoms with van der Waals surface area (Å²) in [7, 11) is 0. The third-order valence-electron chi connectivity index (χ3n) is 9.35. The van der Waals surface area contributed by atoms with Crippen LogP contribution < -0.4 is 4.57 Å². The molecule has 0 aliphatic carbocycles. The summed E-state index contributed by atoms with van der Waals surface area (Å²) in [5.41, 5.74) is 0. The SMILES string of the molecule is CCCCCCCCCCCCCCCCCCCc1n(C(C)C)cc[n+]1CCCCCCCCCCCCCC. The van der Waals surface area contributed by atoms with Crippen LogP contribution in [0.4, 0.5) is 0 Å². The monoisotopic (exact) mass is 574 g/mol. The second kappa shape index (κ2) is 29.3. The Balaban J connectivity index is 2.03. The van der Waals surface area contributed by atoms with Crippen LogP contribution in [0.3, 0.4) is 0 Å². The van der Waals surface area contributed by atoms with E-state index >= 15 is 0 Å². The minimum Gasteiger partial charge on any atom is -0.234 e. The van der Waals surface area contributed by atoms with Crippen molar-refractivity contribution in [3.63, 3.8) is 0 Å². The fourth-order valence-corrected chi connectivity index (χ4v) is 6.55. The third kappa shape index (κ3) is 22.4. The maximum Gasteiger partial charge on any atom is 0.256 e. The molecule has 1 rings (SSSR count). The van der Waals surface area contributed by atoms with E-state index in [-0.39, 0.29) is 0 Å². The number of nitrogens with zero attached hydrogens (tertiary/aromatic N) is 2. The van der Waals surface area contributed by atoms with Gasteiger partial charge in [-0.15, -0.1) is 0 Å². The minimum atomic E-state index is 0.569. The number of unbranched alkanes of at least 4 members (excludes halogenated alkanes) is 27. The van der Waals surface area contributed by atoms with Crippen LogP contribution in [0.1, 0.15) is 226 Å². The van der Waals surface area contributed by atoms with E-state index in [1.165, 1.54) is 199 Å². The van der Waals surface area contributed by atoms with Gasteiger partial charge in [-0.3, -0.25) is 0 Å². The van der Waals surface area contributed by atoms with Gasteiger partial charge in [-0.25, -0.2) is 9.13 Å². The Morgan fingerprint density at radius 3 is 1.12 bits per heavy atom. The lowest BCUT2D eigenvalue weighted by atomic mass is 10.0. The zero-order valence-corrected chi connectivity index (χ0v) is 29.0. The van der Waals surface area contributed by atoms with Crippen molar-refractivity contribution in [1.82, 2.24) is 4.57 Å². The zero-order chi connectivity index (χ0) is 29.6. The van der Waals surface area contributed by atoms with Crippen molar-refractivity contribution in [2.75, 3.05) is 0 Å². The molecule has 0 spiro atoms. The second-order valence-electron chi connectivity index (χ2n) is 13.7. The molecule has 0 radical (unpaired) electrons. The first-order valence-electron chi connectivity index (χ1n) is 19.3. The normalized spacial score (nSPS) is 11.7. The van der Waals surface area contributed by atoms with Gasteiger partial charge in [0.25, 0.3) is 5.82 Å². The topological polar surface area (TPSA) is 8.81 Å². The summed E-state index contributed by atoms with van der Waals surface area (Å²) < 4.78 is 5.12. The average molecular weight is 574 g/mol. The molecule has 1 aromatic rings. The Kier molecular flexibility index (Phi) is 27.3. The van der Waals surface area contributed by atoms with Crippen LogP contribution in [0.15, 0.2) is 12.4 Å². The Bertz CT molecular complexity index is 646. The number of rotatable bonds is 32. The van der Waals surface area contributed by atoms with E-state index in [0.717, 1.165) is 0 Å². The molecule has 0 N–H and O–H groups in total. The lowest BCUT2D eigenvalue weighted by Gasteiger charge is -2.08. The van der Waals surface area contributed by atoms with Gasteiger partial charge in [-0.05, 0) is 33.1 Å². The molecule has 0 saturated carbocycles. The maximum absolute atomic E-state index is 2.59. The fourth-order valence-electron chi connectivity index (χ4n) is 6.55. The Morgan fingerprint density at radius 2 is 0.780 bits per heavy atom. The van der Waals surface area contributed by atoms with Crippen LogP contribution >= 0.6 is 0 Å². The highest BCUT2D eigenvalue weighted by molar-refractivity contribution is 4.86. The van der Waals surface area contributed by atoms with Crippen molar-refractivity contribution >= 4 is 0 Å². The molecule has 0 aliphatic rings. The molecule has 2 nitrogen and oxygen atoms in total.